The Morgan fingerprint density at radius 1 is 0.812 bits per heavy atom. The summed E-state index contributed by atoms with van der Waals surface area (Å²) in [7, 11) is 0. The molecule has 5 nitrogen and oxygen atoms in total. The van der Waals surface area contributed by atoms with Crippen LogP contribution in [0.2, 0.25) is 0 Å². The van der Waals surface area contributed by atoms with Gasteiger partial charge in [0.1, 0.15) is 0 Å². The van der Waals surface area contributed by atoms with Crippen LogP contribution in [0.25, 0.3) is 0 Å². The number of amides is 2. The summed E-state index contributed by atoms with van der Waals surface area (Å²) < 4.78 is 5.89. The largest absolute Gasteiger partial charge is 0.436 e. The van der Waals surface area contributed by atoms with E-state index in [0.29, 0.717) is 34.4 Å². The molecule has 2 heterocycles. The highest BCUT2D eigenvalue weighted by Gasteiger charge is 2.60. The number of hydrogen-bond donors (Lipinski definition) is 0. The van der Waals surface area contributed by atoms with Gasteiger partial charge in [-0.25, -0.2) is 9.69 Å². The minimum atomic E-state index is -1.67. The maximum atomic E-state index is 14.1. The van der Waals surface area contributed by atoms with E-state index in [1.807, 2.05) is 37.3 Å². The lowest BCUT2D eigenvalue weighted by Crippen LogP contribution is -2.56. The number of imide groups is 1. The first-order chi connectivity index (χ1) is 15.4. The lowest BCUT2D eigenvalue weighted by Gasteiger charge is -2.39. The van der Waals surface area contributed by atoms with Crippen molar-refractivity contribution in [3.8, 4) is 0 Å². The van der Waals surface area contributed by atoms with Crippen LogP contribution in [0.1, 0.15) is 34.0 Å². The number of carbonyl (C=O) groups excluding carboxylic acids is 3. The highest BCUT2D eigenvalue weighted by atomic mass is 16.6. The molecule has 0 bridgehead atoms. The van der Waals surface area contributed by atoms with Crippen molar-refractivity contribution in [3.05, 3.63) is 112 Å². The van der Waals surface area contributed by atoms with Gasteiger partial charge < -0.3 is 4.74 Å². The van der Waals surface area contributed by atoms with Crippen LogP contribution in [0, 0.1) is 6.92 Å². The summed E-state index contributed by atoms with van der Waals surface area (Å²) in [5.74, 6) is -1.55. The summed E-state index contributed by atoms with van der Waals surface area (Å²) in [4.78, 5) is 41.4. The molecule has 1 spiro atoms. The number of anilines is 1. The van der Waals surface area contributed by atoms with Crippen molar-refractivity contribution in [1.29, 1.82) is 0 Å². The van der Waals surface area contributed by atoms with Gasteiger partial charge >= 0.3 is 5.97 Å². The van der Waals surface area contributed by atoms with Gasteiger partial charge in [-0.15, -0.1) is 0 Å². The third-order valence-corrected chi connectivity index (χ3v) is 6.19. The van der Waals surface area contributed by atoms with Crippen LogP contribution in [-0.2, 0) is 26.3 Å². The number of aryl methyl sites for hydroxylation is 1. The van der Waals surface area contributed by atoms with Crippen LogP contribution in [0.3, 0.4) is 0 Å². The van der Waals surface area contributed by atoms with Crippen molar-refractivity contribution in [3.63, 3.8) is 0 Å². The van der Waals surface area contributed by atoms with E-state index in [4.69, 9.17) is 4.74 Å². The second kappa shape index (κ2) is 7.31. The molecule has 1 atom stereocenters. The molecule has 5 rings (SSSR count). The molecule has 0 saturated heterocycles. The molecule has 2 amide bonds. The maximum absolute atomic E-state index is 14.1. The highest BCUT2D eigenvalue weighted by Crippen LogP contribution is 2.49. The van der Waals surface area contributed by atoms with Gasteiger partial charge in [0.05, 0.1) is 5.69 Å². The monoisotopic (exact) mass is 423 g/mol. The van der Waals surface area contributed by atoms with Crippen molar-refractivity contribution in [2.45, 2.75) is 25.9 Å². The first-order valence-corrected chi connectivity index (χ1v) is 10.5. The smallest absolute Gasteiger partial charge is 0.335 e. The number of para-hydroxylation sites is 1. The van der Waals surface area contributed by atoms with Crippen LogP contribution < -0.4 is 4.90 Å². The third-order valence-electron chi connectivity index (χ3n) is 6.19. The predicted molar refractivity (Wildman–Crippen MR) is 120 cm³/mol. The first kappa shape index (κ1) is 19.9. The molecule has 0 radical (unpaired) electrons. The SMILES string of the molecule is CC1=C(Cc2ccc(C)cc2)C2(OC1=O)C(=O)N(c1ccccc1)C(=O)c1ccccc12. The zero-order valence-electron chi connectivity index (χ0n) is 17.8. The molecule has 0 saturated carbocycles. The Morgan fingerprint density at radius 3 is 2.19 bits per heavy atom. The van der Waals surface area contributed by atoms with Gasteiger partial charge in [0.15, 0.2) is 0 Å². The number of esters is 1. The fourth-order valence-corrected chi connectivity index (χ4v) is 4.50. The Balaban J connectivity index is 1.74. The van der Waals surface area contributed by atoms with Gasteiger partial charge in [0.25, 0.3) is 11.8 Å². The molecule has 0 N–H and O–H groups in total. The van der Waals surface area contributed by atoms with Gasteiger partial charge in [0.2, 0.25) is 5.60 Å². The molecule has 2 aliphatic rings. The number of ether oxygens (including phenoxy) is 1. The summed E-state index contributed by atoms with van der Waals surface area (Å²) in [6, 6.07) is 23.6. The number of benzene rings is 3. The molecule has 0 fully saturated rings. The molecule has 3 aromatic carbocycles. The predicted octanol–water partition coefficient (Wildman–Crippen LogP) is 4.49. The maximum Gasteiger partial charge on any atom is 0.335 e. The average Bonchev–Trinajstić information content (AvgIpc) is 3.06. The minimum Gasteiger partial charge on any atom is -0.436 e. The van der Waals surface area contributed by atoms with E-state index in [1.165, 1.54) is 0 Å². The zero-order valence-corrected chi connectivity index (χ0v) is 17.8. The molecule has 0 aromatic heterocycles. The van der Waals surface area contributed by atoms with Crippen LogP contribution in [0.5, 0.6) is 0 Å². The number of fused-ring (bicyclic) bond motifs is 2. The normalized spacial score (nSPS) is 20.1. The first-order valence-electron chi connectivity index (χ1n) is 10.5. The fraction of sp³-hybridized carbons (Fsp3) is 0.148. The van der Waals surface area contributed by atoms with E-state index in [0.717, 1.165) is 16.0 Å². The van der Waals surface area contributed by atoms with Gasteiger partial charge in [-0.05, 0) is 44.0 Å². The van der Waals surface area contributed by atoms with E-state index in [9.17, 15) is 14.4 Å². The Hall–Kier alpha value is -3.99. The van der Waals surface area contributed by atoms with Crippen molar-refractivity contribution in [2.24, 2.45) is 0 Å². The molecule has 158 valence electrons. The fourth-order valence-electron chi connectivity index (χ4n) is 4.50. The average molecular weight is 423 g/mol. The number of rotatable bonds is 3. The van der Waals surface area contributed by atoms with Crippen molar-refractivity contribution in [1.82, 2.24) is 0 Å². The highest BCUT2D eigenvalue weighted by molar-refractivity contribution is 6.28. The van der Waals surface area contributed by atoms with Crippen LogP contribution in [0.15, 0.2) is 90.0 Å². The molecular weight excluding hydrogens is 402 g/mol. The molecule has 5 heteroatoms. The summed E-state index contributed by atoms with van der Waals surface area (Å²) in [6.45, 7) is 3.68. The quantitative estimate of drug-likeness (QED) is 0.460. The Morgan fingerprint density at radius 2 is 1.47 bits per heavy atom. The van der Waals surface area contributed by atoms with E-state index in [1.54, 1.807) is 55.5 Å². The standard InChI is InChI=1S/C27H21NO4/c1-17-12-14-19(15-13-17)16-23-18(2)25(30)32-27(23)22-11-7-6-10-21(22)24(29)28(26(27)31)20-8-4-3-5-9-20/h3-15H,16H2,1-2H3. The van der Waals surface area contributed by atoms with E-state index in [-0.39, 0.29) is 0 Å². The van der Waals surface area contributed by atoms with Crippen LogP contribution in [0.4, 0.5) is 5.69 Å². The molecule has 0 aliphatic carbocycles. The molecule has 3 aromatic rings. The topological polar surface area (TPSA) is 63.7 Å². The zero-order chi connectivity index (χ0) is 22.5. The van der Waals surface area contributed by atoms with Crippen molar-refractivity contribution in [2.75, 3.05) is 4.90 Å². The summed E-state index contributed by atoms with van der Waals surface area (Å²) in [6.07, 6.45) is 0.356. The minimum absolute atomic E-state index is 0.347. The van der Waals surface area contributed by atoms with Gasteiger partial charge in [-0.1, -0.05) is 66.2 Å². The summed E-state index contributed by atoms with van der Waals surface area (Å²) in [5, 5.41) is 0. The lowest BCUT2D eigenvalue weighted by atomic mass is 9.76. The number of nitrogens with zero attached hydrogens (tertiary/aromatic N) is 1. The van der Waals surface area contributed by atoms with Crippen molar-refractivity contribution >= 4 is 23.5 Å². The van der Waals surface area contributed by atoms with Crippen LogP contribution in [-0.4, -0.2) is 17.8 Å². The molecular formula is C27H21NO4. The van der Waals surface area contributed by atoms with Gasteiger partial charge in [0, 0.05) is 22.3 Å². The second-order valence-corrected chi connectivity index (χ2v) is 8.16. The second-order valence-electron chi connectivity index (χ2n) is 8.16. The van der Waals surface area contributed by atoms with Crippen LogP contribution >= 0.6 is 0 Å². The number of hydrogen-bond acceptors (Lipinski definition) is 4. The Kier molecular flexibility index (Phi) is 4.55. The molecule has 32 heavy (non-hydrogen) atoms. The molecule has 2 aliphatic heterocycles. The Labute approximate surface area is 185 Å². The van der Waals surface area contributed by atoms with Gasteiger partial charge in [-0.2, -0.15) is 0 Å². The Bertz CT molecular complexity index is 1290. The van der Waals surface area contributed by atoms with E-state index < -0.39 is 23.4 Å². The summed E-state index contributed by atoms with van der Waals surface area (Å²) >= 11 is 0. The molecule has 1 unspecified atom stereocenters. The third kappa shape index (κ3) is 2.82. The summed E-state index contributed by atoms with van der Waals surface area (Å²) in [5.41, 5.74) is 2.56. The lowest BCUT2D eigenvalue weighted by molar-refractivity contribution is -0.157. The van der Waals surface area contributed by atoms with E-state index >= 15 is 0 Å². The number of carbonyl (C=O) groups is 3. The van der Waals surface area contributed by atoms with Crippen molar-refractivity contribution < 1.29 is 19.1 Å². The van der Waals surface area contributed by atoms with Gasteiger partial charge in [-0.3, -0.25) is 9.59 Å². The van der Waals surface area contributed by atoms with E-state index in [2.05, 4.69) is 0 Å².